The Morgan fingerprint density at radius 1 is 1.08 bits per heavy atom. The summed E-state index contributed by atoms with van der Waals surface area (Å²) in [6.45, 7) is 0. The monoisotopic (exact) mass is 443 g/mol. The molecule has 0 radical (unpaired) electrons. The van der Waals surface area contributed by atoms with Gasteiger partial charge >= 0.3 is 6.18 Å². The minimum atomic E-state index is -4.53. The predicted octanol–water partition coefficient (Wildman–Crippen LogP) is 5.87. The Kier molecular flexibility index (Phi) is 5.17. The third-order valence-corrected chi connectivity index (χ3v) is 5.37. The maximum Gasteiger partial charge on any atom is 0.390 e. The number of Topliss-reactive ketones (excluding diaryl/α,β-unsaturated/α-hetero) is 1. The second-order valence-corrected chi connectivity index (χ2v) is 7.34. The van der Waals surface area contributed by atoms with Crippen molar-refractivity contribution >= 4 is 39.0 Å². The summed E-state index contributed by atoms with van der Waals surface area (Å²) in [5.74, 6) is -0.606. The van der Waals surface area contributed by atoms with Gasteiger partial charge in [-0.05, 0) is 39.7 Å². The van der Waals surface area contributed by atoms with Crippen LogP contribution in [0.15, 0.2) is 65.2 Å². The van der Waals surface area contributed by atoms with E-state index in [1.165, 1.54) is 6.08 Å². The largest absolute Gasteiger partial charge is 0.390 e. The molecule has 1 aliphatic rings. The fourth-order valence-corrected chi connectivity index (χ4v) is 4.09. The molecule has 0 amide bonds. The van der Waals surface area contributed by atoms with Gasteiger partial charge in [0.15, 0.2) is 5.78 Å². The zero-order valence-corrected chi connectivity index (χ0v) is 15.7. The third-order valence-electron chi connectivity index (χ3n) is 4.42. The number of nitrogens with one attached hydrogen (secondary N) is 1. The molecule has 0 unspecified atom stereocenters. The summed E-state index contributed by atoms with van der Waals surface area (Å²) in [6, 6.07) is 13.9. The molecule has 2 nitrogen and oxygen atoms in total. The SMILES string of the molecule is O=C1C(Br)=C[C@@H](Nc2ccccc2Cl)[C@@]1(CC(F)(F)F)c1ccccc1. The van der Waals surface area contributed by atoms with Crippen LogP contribution in [0, 0.1) is 0 Å². The molecule has 0 spiro atoms. The maximum absolute atomic E-state index is 13.5. The third kappa shape index (κ3) is 3.53. The number of carbonyl (C=O) groups is 1. The summed E-state index contributed by atoms with van der Waals surface area (Å²) in [4.78, 5) is 12.9. The first-order valence-electron chi connectivity index (χ1n) is 7.79. The van der Waals surface area contributed by atoms with Crippen LogP contribution in [-0.2, 0) is 10.2 Å². The van der Waals surface area contributed by atoms with E-state index in [4.69, 9.17) is 11.6 Å². The smallest absolute Gasteiger partial charge is 0.376 e. The average molecular weight is 445 g/mol. The Hall–Kier alpha value is -1.79. The number of carbonyl (C=O) groups excluding carboxylic acids is 1. The average Bonchev–Trinajstić information content (AvgIpc) is 2.81. The number of alkyl halides is 3. The normalized spacial score (nSPS) is 23.0. The number of ketones is 1. The number of allylic oxidation sites excluding steroid dienone is 1. The summed E-state index contributed by atoms with van der Waals surface area (Å²) in [5.41, 5.74) is -1.04. The van der Waals surface area contributed by atoms with Crippen molar-refractivity contribution in [2.45, 2.75) is 24.1 Å². The van der Waals surface area contributed by atoms with Crippen LogP contribution in [0.5, 0.6) is 0 Å². The molecule has 3 rings (SSSR count). The van der Waals surface area contributed by atoms with Gasteiger partial charge < -0.3 is 5.32 Å². The number of anilines is 1. The fourth-order valence-electron chi connectivity index (χ4n) is 3.28. The van der Waals surface area contributed by atoms with Gasteiger partial charge in [0.1, 0.15) is 0 Å². The van der Waals surface area contributed by atoms with Crippen molar-refractivity contribution in [2.75, 3.05) is 5.32 Å². The molecule has 136 valence electrons. The molecule has 2 atom stereocenters. The molecule has 0 bridgehead atoms. The second kappa shape index (κ2) is 7.08. The van der Waals surface area contributed by atoms with E-state index in [9.17, 15) is 18.0 Å². The van der Waals surface area contributed by atoms with Gasteiger partial charge in [-0.3, -0.25) is 4.79 Å². The maximum atomic E-state index is 13.5. The molecule has 1 aliphatic carbocycles. The number of hydrogen-bond donors (Lipinski definition) is 1. The first-order chi connectivity index (χ1) is 12.2. The number of para-hydroxylation sites is 1. The van der Waals surface area contributed by atoms with Crippen LogP contribution in [0.2, 0.25) is 5.02 Å². The van der Waals surface area contributed by atoms with E-state index < -0.39 is 29.8 Å². The lowest BCUT2D eigenvalue weighted by atomic mass is 9.71. The lowest BCUT2D eigenvalue weighted by molar-refractivity contribution is -0.155. The van der Waals surface area contributed by atoms with Crippen molar-refractivity contribution in [3.05, 3.63) is 75.7 Å². The van der Waals surface area contributed by atoms with Crippen LogP contribution < -0.4 is 5.32 Å². The highest BCUT2D eigenvalue weighted by atomic mass is 79.9. The molecule has 0 fully saturated rings. The van der Waals surface area contributed by atoms with Crippen molar-refractivity contribution in [3.63, 3.8) is 0 Å². The second-order valence-electron chi connectivity index (χ2n) is 6.07. The van der Waals surface area contributed by atoms with E-state index in [2.05, 4.69) is 21.2 Å². The molecular formula is C19H14BrClF3NO. The standard InChI is InChI=1S/C19H14BrClF3NO/c20-13-10-16(25-15-9-5-4-8-14(15)21)18(17(13)26,11-19(22,23)24)12-6-2-1-3-7-12/h1-10,16,25H,11H2/t16-,18-/m1/s1. The lowest BCUT2D eigenvalue weighted by Crippen LogP contribution is -2.48. The van der Waals surface area contributed by atoms with Gasteiger partial charge in [0.2, 0.25) is 0 Å². The Labute approximate surface area is 162 Å². The molecule has 0 aliphatic heterocycles. The quantitative estimate of drug-likeness (QED) is 0.639. The van der Waals surface area contributed by atoms with Gasteiger partial charge in [-0.2, -0.15) is 13.2 Å². The Balaban J connectivity index is 2.13. The van der Waals surface area contributed by atoms with E-state index in [0.717, 1.165) is 0 Å². The highest BCUT2D eigenvalue weighted by Gasteiger charge is 2.56. The topological polar surface area (TPSA) is 29.1 Å². The van der Waals surface area contributed by atoms with Gasteiger partial charge in [-0.15, -0.1) is 0 Å². The Bertz CT molecular complexity index is 853. The molecule has 7 heteroatoms. The highest BCUT2D eigenvalue weighted by Crippen LogP contribution is 2.48. The molecule has 0 saturated carbocycles. The van der Waals surface area contributed by atoms with E-state index in [1.807, 2.05) is 0 Å². The summed E-state index contributed by atoms with van der Waals surface area (Å²) < 4.78 is 40.6. The van der Waals surface area contributed by atoms with Crippen molar-refractivity contribution in [1.82, 2.24) is 0 Å². The van der Waals surface area contributed by atoms with Crippen molar-refractivity contribution < 1.29 is 18.0 Å². The summed E-state index contributed by atoms with van der Waals surface area (Å²) in [7, 11) is 0. The van der Waals surface area contributed by atoms with Crippen LogP contribution in [-0.4, -0.2) is 18.0 Å². The molecule has 0 aromatic heterocycles. The van der Waals surface area contributed by atoms with Crippen LogP contribution in [0.4, 0.5) is 18.9 Å². The number of rotatable bonds is 4. The molecule has 2 aromatic carbocycles. The molecule has 0 saturated heterocycles. The minimum Gasteiger partial charge on any atom is -0.376 e. The number of halogens is 5. The summed E-state index contributed by atoms with van der Waals surface area (Å²) >= 11 is 9.27. The Morgan fingerprint density at radius 3 is 2.31 bits per heavy atom. The van der Waals surface area contributed by atoms with Gasteiger partial charge in [-0.25, -0.2) is 0 Å². The van der Waals surface area contributed by atoms with Crippen LogP contribution >= 0.6 is 27.5 Å². The van der Waals surface area contributed by atoms with Crippen molar-refractivity contribution in [3.8, 4) is 0 Å². The first-order valence-corrected chi connectivity index (χ1v) is 8.96. The summed E-state index contributed by atoms with van der Waals surface area (Å²) in [5, 5.41) is 3.39. The molecular weight excluding hydrogens is 431 g/mol. The molecule has 2 aromatic rings. The van der Waals surface area contributed by atoms with Crippen LogP contribution in [0.3, 0.4) is 0 Å². The van der Waals surface area contributed by atoms with Gasteiger partial charge in [0.05, 0.1) is 33.1 Å². The highest BCUT2D eigenvalue weighted by molar-refractivity contribution is 9.12. The van der Waals surface area contributed by atoms with Gasteiger partial charge in [0, 0.05) is 0 Å². The zero-order chi connectivity index (χ0) is 18.9. The predicted molar refractivity (Wildman–Crippen MR) is 99.7 cm³/mol. The number of hydrogen-bond acceptors (Lipinski definition) is 2. The molecule has 26 heavy (non-hydrogen) atoms. The zero-order valence-electron chi connectivity index (χ0n) is 13.4. The van der Waals surface area contributed by atoms with E-state index in [-0.39, 0.29) is 4.48 Å². The van der Waals surface area contributed by atoms with Gasteiger partial charge in [0.25, 0.3) is 0 Å². The fraction of sp³-hybridized carbons (Fsp3) is 0.211. The van der Waals surface area contributed by atoms with Gasteiger partial charge in [-0.1, -0.05) is 54.1 Å². The van der Waals surface area contributed by atoms with Crippen molar-refractivity contribution in [2.24, 2.45) is 0 Å². The van der Waals surface area contributed by atoms with E-state index in [1.54, 1.807) is 54.6 Å². The van der Waals surface area contributed by atoms with Crippen molar-refractivity contribution in [1.29, 1.82) is 0 Å². The Morgan fingerprint density at radius 2 is 1.69 bits per heavy atom. The molecule has 0 heterocycles. The van der Waals surface area contributed by atoms with E-state index in [0.29, 0.717) is 16.3 Å². The van der Waals surface area contributed by atoms with Crippen LogP contribution in [0.1, 0.15) is 12.0 Å². The van der Waals surface area contributed by atoms with E-state index >= 15 is 0 Å². The number of benzene rings is 2. The minimum absolute atomic E-state index is 0.121. The van der Waals surface area contributed by atoms with Crippen LogP contribution in [0.25, 0.3) is 0 Å². The summed E-state index contributed by atoms with van der Waals surface area (Å²) in [6.07, 6.45) is -4.33. The lowest BCUT2D eigenvalue weighted by Gasteiger charge is -2.36. The molecule has 1 N–H and O–H groups in total. The first kappa shape index (κ1) is 19.0.